The van der Waals surface area contributed by atoms with Crippen LogP contribution in [0.25, 0.3) is 5.57 Å². The Balaban J connectivity index is 2.49. The normalized spacial score (nSPS) is 16.9. The Morgan fingerprint density at radius 2 is 2.20 bits per heavy atom. The minimum absolute atomic E-state index is 0.365. The van der Waals surface area contributed by atoms with Crippen molar-refractivity contribution in [2.24, 2.45) is 0 Å². The topological polar surface area (TPSA) is 12.0 Å². The number of hydrogen-bond acceptors (Lipinski definition) is 1. The molecule has 0 bridgehead atoms. The Morgan fingerprint density at radius 3 is 2.93 bits per heavy atom. The van der Waals surface area contributed by atoms with Crippen molar-refractivity contribution in [1.82, 2.24) is 5.32 Å². The molecule has 1 aliphatic rings. The molecule has 80 valence electrons. The van der Waals surface area contributed by atoms with Gasteiger partial charge in [0.05, 0.1) is 0 Å². The van der Waals surface area contributed by atoms with Crippen LogP contribution in [0, 0.1) is 0 Å². The van der Waals surface area contributed by atoms with Crippen LogP contribution >= 0.6 is 11.6 Å². The predicted molar refractivity (Wildman–Crippen MR) is 66.3 cm³/mol. The molecule has 0 amide bonds. The molecular formula is C13H16ClN. The lowest BCUT2D eigenvalue weighted by molar-refractivity contribution is 0.736. The van der Waals surface area contributed by atoms with Gasteiger partial charge in [0.25, 0.3) is 0 Å². The highest BCUT2D eigenvalue weighted by molar-refractivity contribution is 6.32. The summed E-state index contributed by atoms with van der Waals surface area (Å²) in [7, 11) is 1.98. The maximum Gasteiger partial charge on any atom is 0.0484 e. The fourth-order valence-corrected chi connectivity index (χ4v) is 2.44. The zero-order chi connectivity index (χ0) is 10.8. The molecule has 0 saturated heterocycles. The van der Waals surface area contributed by atoms with Gasteiger partial charge in [0.15, 0.2) is 0 Å². The second-order valence-electron chi connectivity index (χ2n) is 3.98. The average Bonchev–Trinajstić information content (AvgIpc) is 2.28. The number of hydrogen-bond donors (Lipinski definition) is 1. The maximum absolute atomic E-state index is 6.27. The van der Waals surface area contributed by atoms with Gasteiger partial charge in [-0.2, -0.15) is 0 Å². The summed E-state index contributed by atoms with van der Waals surface area (Å²) in [6.45, 7) is 2.17. The number of allylic oxidation sites excluding steroid dienone is 1. The lowest BCUT2D eigenvalue weighted by atomic mass is 9.87. The SMILES string of the molecule is CNC(C)C1=CCCc2cccc(Cl)c21. The van der Waals surface area contributed by atoms with Gasteiger partial charge in [0.1, 0.15) is 0 Å². The van der Waals surface area contributed by atoms with Crippen LogP contribution in [0.3, 0.4) is 0 Å². The van der Waals surface area contributed by atoms with Crippen LogP contribution in [-0.2, 0) is 6.42 Å². The van der Waals surface area contributed by atoms with Crippen LogP contribution < -0.4 is 5.32 Å². The number of halogens is 1. The highest BCUT2D eigenvalue weighted by Crippen LogP contribution is 2.34. The number of benzene rings is 1. The van der Waals surface area contributed by atoms with E-state index in [9.17, 15) is 0 Å². The number of fused-ring (bicyclic) bond motifs is 1. The minimum Gasteiger partial charge on any atom is -0.313 e. The Bertz CT molecular complexity index is 396. The van der Waals surface area contributed by atoms with Gasteiger partial charge < -0.3 is 5.32 Å². The van der Waals surface area contributed by atoms with Crippen molar-refractivity contribution >= 4 is 17.2 Å². The summed E-state index contributed by atoms with van der Waals surface area (Å²) in [5.41, 5.74) is 3.96. The quantitative estimate of drug-likeness (QED) is 0.808. The summed E-state index contributed by atoms with van der Waals surface area (Å²) in [6.07, 6.45) is 4.53. The van der Waals surface area contributed by atoms with Gasteiger partial charge in [0.2, 0.25) is 0 Å². The van der Waals surface area contributed by atoms with E-state index in [4.69, 9.17) is 11.6 Å². The average molecular weight is 222 g/mol. The summed E-state index contributed by atoms with van der Waals surface area (Å²) in [4.78, 5) is 0. The summed E-state index contributed by atoms with van der Waals surface area (Å²) in [5.74, 6) is 0. The van der Waals surface area contributed by atoms with E-state index in [0.717, 1.165) is 17.9 Å². The Labute approximate surface area is 96.1 Å². The molecule has 0 spiro atoms. The van der Waals surface area contributed by atoms with Crippen LogP contribution in [0.2, 0.25) is 5.02 Å². The molecular weight excluding hydrogens is 206 g/mol. The van der Waals surface area contributed by atoms with E-state index in [-0.39, 0.29) is 0 Å². The van der Waals surface area contributed by atoms with Crippen molar-refractivity contribution in [3.63, 3.8) is 0 Å². The number of likely N-dealkylation sites (N-methyl/N-ethyl adjacent to an activating group) is 1. The molecule has 0 fully saturated rings. The Hall–Kier alpha value is -0.790. The minimum atomic E-state index is 0.365. The second kappa shape index (κ2) is 4.38. The zero-order valence-corrected chi connectivity index (χ0v) is 9.93. The first kappa shape index (κ1) is 10.7. The van der Waals surface area contributed by atoms with Crippen LogP contribution in [0.5, 0.6) is 0 Å². The highest BCUT2D eigenvalue weighted by Gasteiger charge is 2.18. The van der Waals surface area contributed by atoms with Crippen molar-refractivity contribution in [3.05, 3.63) is 40.4 Å². The molecule has 0 heterocycles. The number of aryl methyl sites for hydroxylation is 1. The van der Waals surface area contributed by atoms with Crippen molar-refractivity contribution in [2.75, 3.05) is 7.05 Å². The molecule has 1 nitrogen and oxygen atoms in total. The second-order valence-corrected chi connectivity index (χ2v) is 4.39. The third-order valence-corrected chi connectivity index (χ3v) is 3.38. The molecule has 15 heavy (non-hydrogen) atoms. The third kappa shape index (κ3) is 1.95. The van der Waals surface area contributed by atoms with E-state index in [1.165, 1.54) is 16.7 Å². The molecule has 1 aliphatic carbocycles. The molecule has 1 atom stereocenters. The summed E-state index contributed by atoms with van der Waals surface area (Å²) < 4.78 is 0. The zero-order valence-electron chi connectivity index (χ0n) is 9.18. The monoisotopic (exact) mass is 221 g/mol. The summed E-state index contributed by atoms with van der Waals surface area (Å²) in [5, 5.41) is 4.15. The lowest BCUT2D eigenvalue weighted by Crippen LogP contribution is -2.24. The van der Waals surface area contributed by atoms with E-state index in [1.54, 1.807) is 0 Å². The number of nitrogens with one attached hydrogen (secondary N) is 1. The first-order valence-electron chi connectivity index (χ1n) is 5.39. The first-order chi connectivity index (χ1) is 7.24. The van der Waals surface area contributed by atoms with E-state index >= 15 is 0 Å². The highest BCUT2D eigenvalue weighted by atomic mass is 35.5. The molecule has 1 N–H and O–H groups in total. The fraction of sp³-hybridized carbons (Fsp3) is 0.385. The van der Waals surface area contributed by atoms with Gasteiger partial charge >= 0.3 is 0 Å². The lowest BCUT2D eigenvalue weighted by Gasteiger charge is -2.23. The van der Waals surface area contributed by atoms with Crippen molar-refractivity contribution in [3.8, 4) is 0 Å². The van der Waals surface area contributed by atoms with Gasteiger partial charge in [-0.25, -0.2) is 0 Å². The van der Waals surface area contributed by atoms with Crippen molar-refractivity contribution in [2.45, 2.75) is 25.8 Å². The molecule has 0 aromatic heterocycles. The van der Waals surface area contributed by atoms with Gasteiger partial charge in [-0.3, -0.25) is 0 Å². The Kier molecular flexibility index (Phi) is 3.13. The van der Waals surface area contributed by atoms with E-state index < -0.39 is 0 Å². The van der Waals surface area contributed by atoms with Crippen molar-refractivity contribution in [1.29, 1.82) is 0 Å². The first-order valence-corrected chi connectivity index (χ1v) is 5.77. The largest absolute Gasteiger partial charge is 0.313 e. The smallest absolute Gasteiger partial charge is 0.0484 e. The third-order valence-electron chi connectivity index (χ3n) is 3.07. The predicted octanol–water partition coefficient (Wildman–Crippen LogP) is 3.28. The van der Waals surface area contributed by atoms with E-state index in [1.807, 2.05) is 19.2 Å². The van der Waals surface area contributed by atoms with E-state index in [0.29, 0.717) is 6.04 Å². The van der Waals surface area contributed by atoms with Crippen molar-refractivity contribution < 1.29 is 0 Å². The van der Waals surface area contributed by atoms with E-state index in [2.05, 4.69) is 24.4 Å². The van der Waals surface area contributed by atoms with Gasteiger partial charge in [0, 0.05) is 16.6 Å². The molecule has 2 heteroatoms. The van der Waals surface area contributed by atoms with Gasteiger partial charge in [-0.1, -0.05) is 29.8 Å². The molecule has 0 saturated carbocycles. The molecule has 0 aliphatic heterocycles. The molecule has 1 unspecified atom stereocenters. The summed E-state index contributed by atoms with van der Waals surface area (Å²) >= 11 is 6.27. The van der Waals surface area contributed by atoms with Crippen LogP contribution in [0.1, 0.15) is 24.5 Å². The van der Waals surface area contributed by atoms with Crippen LogP contribution in [0.4, 0.5) is 0 Å². The standard InChI is InChI=1S/C13H16ClN/c1-9(15-2)11-7-3-5-10-6-4-8-12(14)13(10)11/h4,6-9,15H,3,5H2,1-2H3. The summed E-state index contributed by atoms with van der Waals surface area (Å²) in [6, 6.07) is 6.55. The molecule has 1 aromatic rings. The molecule has 2 rings (SSSR count). The van der Waals surface area contributed by atoms with Gasteiger partial charge in [-0.05, 0) is 44.0 Å². The van der Waals surface area contributed by atoms with Crippen LogP contribution in [0.15, 0.2) is 24.3 Å². The number of rotatable bonds is 2. The Morgan fingerprint density at radius 1 is 1.40 bits per heavy atom. The van der Waals surface area contributed by atoms with Crippen LogP contribution in [-0.4, -0.2) is 13.1 Å². The molecule has 1 aromatic carbocycles. The molecule has 0 radical (unpaired) electrons. The fourth-order valence-electron chi connectivity index (χ4n) is 2.13. The maximum atomic E-state index is 6.27. The van der Waals surface area contributed by atoms with Gasteiger partial charge in [-0.15, -0.1) is 0 Å².